The fraction of sp³-hybridized carbons (Fsp3) is 0.120. The normalized spacial score (nSPS) is 10.6. The molecule has 0 saturated carbocycles. The summed E-state index contributed by atoms with van der Waals surface area (Å²) >= 11 is 0. The Balaban J connectivity index is 1.58. The maximum Gasteiger partial charge on any atom is 0.343 e. The maximum absolute atomic E-state index is 13.2. The number of methoxy groups -OCH3 is 1. The molecule has 0 radical (unpaired) electrons. The summed E-state index contributed by atoms with van der Waals surface area (Å²) in [5.74, 6) is 1.26. The van der Waals surface area contributed by atoms with Crippen molar-refractivity contribution in [1.29, 1.82) is 0 Å². The fourth-order valence-corrected chi connectivity index (χ4v) is 3.32. The van der Waals surface area contributed by atoms with Crippen molar-refractivity contribution in [1.82, 2.24) is 9.13 Å². The minimum absolute atomic E-state index is 0.191. The van der Waals surface area contributed by atoms with Crippen LogP contribution in [0.4, 0.5) is 0 Å². The van der Waals surface area contributed by atoms with Gasteiger partial charge in [0.25, 0.3) is 5.56 Å². The molecule has 0 unspecified atom stereocenters. The van der Waals surface area contributed by atoms with Crippen molar-refractivity contribution >= 4 is 0 Å². The Morgan fingerprint density at radius 3 is 2.12 bits per heavy atom. The predicted octanol–water partition coefficient (Wildman–Crippen LogP) is 3.16. The van der Waals surface area contributed by atoms with Gasteiger partial charge in [0.1, 0.15) is 30.5 Å². The molecule has 0 fully saturated rings. The van der Waals surface area contributed by atoms with Crippen LogP contribution in [0.5, 0.6) is 23.1 Å². The molecule has 3 aromatic carbocycles. The second-order valence-electron chi connectivity index (χ2n) is 6.97. The molecule has 0 bridgehead atoms. The number of rotatable bonds is 8. The van der Waals surface area contributed by atoms with Crippen molar-refractivity contribution in [2.75, 3.05) is 20.3 Å². The molecule has 8 heteroatoms. The predicted molar refractivity (Wildman–Crippen MR) is 123 cm³/mol. The molecule has 0 amide bonds. The lowest BCUT2D eigenvalue weighted by Crippen LogP contribution is -2.37. The number of para-hydroxylation sites is 3. The molecule has 8 nitrogen and oxygen atoms in total. The Labute approximate surface area is 189 Å². The minimum atomic E-state index is -0.711. The third kappa shape index (κ3) is 4.74. The lowest BCUT2D eigenvalue weighted by molar-refractivity contribution is 0.216. The summed E-state index contributed by atoms with van der Waals surface area (Å²) in [5, 5.41) is 10.4. The number of aromatic nitrogens is 2. The molecule has 0 atom stereocenters. The largest absolute Gasteiger partial charge is 0.497 e. The van der Waals surface area contributed by atoms with Gasteiger partial charge in [-0.05, 0) is 48.5 Å². The van der Waals surface area contributed by atoms with E-state index in [-0.39, 0.29) is 13.2 Å². The molecular formula is C25H22N2O6. The van der Waals surface area contributed by atoms with Crippen molar-refractivity contribution in [2.45, 2.75) is 0 Å². The first-order chi connectivity index (χ1) is 16.1. The summed E-state index contributed by atoms with van der Waals surface area (Å²) in [6.45, 7) is 0.446. The van der Waals surface area contributed by atoms with E-state index in [0.717, 1.165) is 21.0 Å². The number of nitrogens with zero attached hydrogens (tertiary/aromatic N) is 2. The summed E-state index contributed by atoms with van der Waals surface area (Å²) in [5.41, 5.74) is -0.648. The van der Waals surface area contributed by atoms with Gasteiger partial charge in [-0.15, -0.1) is 0 Å². The van der Waals surface area contributed by atoms with Gasteiger partial charge in [0.2, 0.25) is 5.88 Å². The third-order valence-corrected chi connectivity index (χ3v) is 4.87. The zero-order valence-electron chi connectivity index (χ0n) is 17.9. The molecule has 4 aromatic rings. The van der Waals surface area contributed by atoms with Gasteiger partial charge < -0.3 is 19.3 Å². The van der Waals surface area contributed by atoms with Crippen LogP contribution in [0.2, 0.25) is 0 Å². The average molecular weight is 446 g/mol. The van der Waals surface area contributed by atoms with E-state index in [2.05, 4.69) is 0 Å². The second-order valence-corrected chi connectivity index (χ2v) is 6.97. The smallest absolute Gasteiger partial charge is 0.343 e. The van der Waals surface area contributed by atoms with Crippen molar-refractivity contribution in [3.05, 3.63) is 106 Å². The van der Waals surface area contributed by atoms with Gasteiger partial charge >= 0.3 is 5.69 Å². The number of hydrogen-bond donors (Lipinski definition) is 1. The number of benzene rings is 3. The second kappa shape index (κ2) is 9.78. The quantitative estimate of drug-likeness (QED) is 0.418. The number of aromatic hydroxyl groups is 1. The van der Waals surface area contributed by atoms with Crippen LogP contribution < -0.4 is 25.5 Å². The van der Waals surface area contributed by atoms with Gasteiger partial charge in [0, 0.05) is 0 Å². The Kier molecular flexibility index (Phi) is 6.45. The molecule has 1 aromatic heterocycles. The molecule has 1 heterocycles. The van der Waals surface area contributed by atoms with Crippen molar-refractivity contribution in [3.8, 4) is 34.5 Å². The topological polar surface area (TPSA) is 91.9 Å². The van der Waals surface area contributed by atoms with Crippen LogP contribution >= 0.6 is 0 Å². The van der Waals surface area contributed by atoms with Gasteiger partial charge in [0.15, 0.2) is 0 Å². The summed E-state index contributed by atoms with van der Waals surface area (Å²) in [4.78, 5) is 25.7. The Morgan fingerprint density at radius 1 is 0.758 bits per heavy atom. The Hall–Kier alpha value is -4.46. The van der Waals surface area contributed by atoms with Crippen molar-refractivity contribution in [2.24, 2.45) is 0 Å². The van der Waals surface area contributed by atoms with Crippen LogP contribution in [-0.2, 0) is 0 Å². The highest BCUT2D eigenvalue weighted by molar-refractivity contribution is 5.49. The highest BCUT2D eigenvalue weighted by Gasteiger charge is 2.17. The van der Waals surface area contributed by atoms with E-state index in [1.165, 1.54) is 0 Å². The van der Waals surface area contributed by atoms with E-state index in [1.54, 1.807) is 86.0 Å². The number of hydrogen-bond acceptors (Lipinski definition) is 6. The zero-order valence-corrected chi connectivity index (χ0v) is 17.9. The summed E-state index contributed by atoms with van der Waals surface area (Å²) in [6.07, 6.45) is 0. The summed E-state index contributed by atoms with van der Waals surface area (Å²) in [7, 11) is 1.59. The standard InChI is InChI=1S/C25H22N2O6/c1-31-19-11-13-20(14-12-19)32-15-16-33-22-10-6-5-9-21(22)27-24(29)17-23(28)26(25(27)30)18-7-3-2-4-8-18/h2-14,17,29H,15-16H2,1H3. The molecule has 33 heavy (non-hydrogen) atoms. The Morgan fingerprint density at radius 2 is 1.39 bits per heavy atom. The van der Waals surface area contributed by atoms with Gasteiger partial charge in [-0.2, -0.15) is 0 Å². The van der Waals surface area contributed by atoms with E-state index in [4.69, 9.17) is 14.2 Å². The molecule has 0 spiro atoms. The van der Waals surface area contributed by atoms with Gasteiger partial charge in [-0.25, -0.2) is 13.9 Å². The first kappa shape index (κ1) is 21.8. The van der Waals surface area contributed by atoms with Crippen LogP contribution in [0.25, 0.3) is 11.4 Å². The van der Waals surface area contributed by atoms with Gasteiger partial charge in [-0.3, -0.25) is 4.79 Å². The van der Waals surface area contributed by atoms with Crippen LogP contribution in [0.15, 0.2) is 94.5 Å². The first-order valence-electron chi connectivity index (χ1n) is 10.2. The van der Waals surface area contributed by atoms with Gasteiger partial charge in [-0.1, -0.05) is 30.3 Å². The zero-order chi connectivity index (χ0) is 23.2. The van der Waals surface area contributed by atoms with Crippen LogP contribution in [-0.4, -0.2) is 34.6 Å². The molecule has 0 saturated heterocycles. The first-order valence-corrected chi connectivity index (χ1v) is 10.2. The maximum atomic E-state index is 13.2. The van der Waals surface area contributed by atoms with Crippen molar-refractivity contribution in [3.63, 3.8) is 0 Å². The molecule has 0 aliphatic carbocycles. The summed E-state index contributed by atoms with van der Waals surface area (Å²) < 4.78 is 18.7. The lowest BCUT2D eigenvalue weighted by atomic mass is 10.2. The lowest BCUT2D eigenvalue weighted by Gasteiger charge is -2.16. The van der Waals surface area contributed by atoms with E-state index >= 15 is 0 Å². The molecule has 0 aliphatic rings. The Bertz CT molecular complexity index is 1340. The highest BCUT2D eigenvalue weighted by atomic mass is 16.5. The van der Waals surface area contributed by atoms with E-state index in [1.807, 2.05) is 0 Å². The number of ether oxygens (including phenoxy) is 3. The summed E-state index contributed by atoms with van der Waals surface area (Å²) in [6, 6.07) is 23.4. The molecule has 168 valence electrons. The van der Waals surface area contributed by atoms with Gasteiger partial charge in [0.05, 0.1) is 24.6 Å². The molecular weight excluding hydrogens is 424 g/mol. The van der Waals surface area contributed by atoms with Crippen LogP contribution in [0.3, 0.4) is 0 Å². The SMILES string of the molecule is COc1ccc(OCCOc2ccccc2-n2c(O)cc(=O)n(-c3ccccc3)c2=O)cc1. The van der Waals surface area contributed by atoms with Crippen LogP contribution in [0, 0.1) is 0 Å². The molecule has 1 N–H and O–H groups in total. The van der Waals surface area contributed by atoms with E-state index < -0.39 is 17.1 Å². The van der Waals surface area contributed by atoms with E-state index in [9.17, 15) is 14.7 Å². The highest BCUT2D eigenvalue weighted by Crippen LogP contribution is 2.24. The van der Waals surface area contributed by atoms with E-state index in [0.29, 0.717) is 22.9 Å². The fourth-order valence-electron chi connectivity index (χ4n) is 3.32. The molecule has 4 rings (SSSR count). The van der Waals surface area contributed by atoms with Crippen molar-refractivity contribution < 1.29 is 19.3 Å². The average Bonchev–Trinajstić information content (AvgIpc) is 2.83. The third-order valence-electron chi connectivity index (χ3n) is 4.87. The van der Waals surface area contributed by atoms with Crippen LogP contribution in [0.1, 0.15) is 0 Å². The molecule has 0 aliphatic heterocycles. The minimum Gasteiger partial charge on any atom is -0.497 e. The monoisotopic (exact) mass is 446 g/mol.